The van der Waals surface area contributed by atoms with Crippen molar-refractivity contribution in [2.24, 2.45) is 0 Å². The highest BCUT2D eigenvalue weighted by atomic mass is 19.3. The summed E-state index contributed by atoms with van der Waals surface area (Å²) >= 11 is 0. The molecule has 0 radical (unpaired) electrons. The number of aromatic nitrogens is 3. The van der Waals surface area contributed by atoms with E-state index < -0.39 is 29.7 Å². The van der Waals surface area contributed by atoms with E-state index in [4.69, 9.17) is 4.74 Å². The van der Waals surface area contributed by atoms with E-state index in [1.54, 1.807) is 30.5 Å². The molecule has 1 spiro atoms. The van der Waals surface area contributed by atoms with Crippen LogP contribution >= 0.6 is 0 Å². The van der Waals surface area contributed by atoms with Gasteiger partial charge in [0.05, 0.1) is 11.3 Å². The van der Waals surface area contributed by atoms with Gasteiger partial charge in [0, 0.05) is 29.6 Å². The van der Waals surface area contributed by atoms with E-state index in [1.807, 2.05) is 0 Å². The third-order valence-electron chi connectivity index (χ3n) is 6.34. The molecule has 1 saturated carbocycles. The summed E-state index contributed by atoms with van der Waals surface area (Å²) in [5.41, 5.74) is -0.791. The first-order chi connectivity index (χ1) is 16.3. The molecule has 0 bridgehead atoms. The summed E-state index contributed by atoms with van der Waals surface area (Å²) in [5.74, 6) is -1.03. The Morgan fingerprint density at radius 2 is 1.94 bits per heavy atom. The van der Waals surface area contributed by atoms with E-state index in [2.05, 4.69) is 25.2 Å². The predicted octanol–water partition coefficient (Wildman–Crippen LogP) is 3.38. The highest BCUT2D eigenvalue weighted by molar-refractivity contribution is 5.97. The van der Waals surface area contributed by atoms with Crippen LogP contribution in [0.15, 0.2) is 48.8 Å². The minimum absolute atomic E-state index is 0.0453. The van der Waals surface area contributed by atoms with E-state index in [-0.39, 0.29) is 37.3 Å². The minimum Gasteiger partial charge on any atom is -0.450 e. The van der Waals surface area contributed by atoms with E-state index in [0.717, 1.165) is 0 Å². The second-order valence-corrected chi connectivity index (χ2v) is 8.33. The van der Waals surface area contributed by atoms with Gasteiger partial charge >= 0.3 is 12.6 Å². The van der Waals surface area contributed by atoms with Gasteiger partial charge in [0.1, 0.15) is 17.0 Å². The van der Waals surface area contributed by atoms with Gasteiger partial charge in [-0.2, -0.15) is 13.9 Å². The van der Waals surface area contributed by atoms with Gasteiger partial charge < -0.3 is 19.9 Å². The molecule has 0 unspecified atom stereocenters. The lowest BCUT2D eigenvalue weighted by molar-refractivity contribution is -0.144. The predicted molar refractivity (Wildman–Crippen MR) is 114 cm³/mol. The van der Waals surface area contributed by atoms with Crippen molar-refractivity contribution >= 4 is 17.7 Å². The summed E-state index contributed by atoms with van der Waals surface area (Å²) in [6.07, 6.45) is 3.73. The molecule has 176 valence electrons. The van der Waals surface area contributed by atoms with Gasteiger partial charge in [-0.3, -0.25) is 14.9 Å². The van der Waals surface area contributed by atoms with Gasteiger partial charge in [0.25, 0.3) is 5.91 Å². The van der Waals surface area contributed by atoms with Crippen molar-refractivity contribution in [1.29, 1.82) is 0 Å². The molecule has 2 aliphatic rings. The molecular formula is C23H20F2N4O5. The van der Waals surface area contributed by atoms with Gasteiger partial charge in [-0.15, -0.1) is 0 Å². The number of aliphatic hydroxyl groups is 1. The Balaban J connectivity index is 1.29. The van der Waals surface area contributed by atoms with Crippen molar-refractivity contribution < 1.29 is 33.0 Å². The Bertz CT molecular complexity index is 1250. The molecule has 1 aromatic carbocycles. The highest BCUT2D eigenvalue weighted by Crippen LogP contribution is 2.49. The maximum atomic E-state index is 12.9. The fourth-order valence-electron chi connectivity index (χ4n) is 4.53. The standard InChI is InChI=1S/C23H20F2N4O5/c24-21(25)33-17-4-2-1-3-14(17)16-11-18(29-28-16)27-20(31)22(32)6-8-23(9-7-22)15-12-26-10-5-13(15)19(30)34-23/h1-5,10-12,21,32H,6-9H2,(H2,27,28,29,31). The molecule has 11 heteroatoms. The molecule has 3 N–H and O–H groups in total. The molecule has 5 rings (SSSR count). The van der Waals surface area contributed by atoms with Crippen LogP contribution in [0, 0.1) is 0 Å². The fourth-order valence-corrected chi connectivity index (χ4v) is 4.53. The van der Waals surface area contributed by atoms with Crippen LogP contribution in [0.1, 0.15) is 41.6 Å². The molecular weight excluding hydrogens is 450 g/mol. The number of carbonyl (C=O) groups excluding carboxylic acids is 2. The molecule has 1 amide bonds. The number of benzene rings is 1. The maximum absolute atomic E-state index is 12.9. The molecule has 0 atom stereocenters. The number of H-pyrrole nitrogens is 1. The third kappa shape index (κ3) is 3.77. The minimum atomic E-state index is -2.99. The van der Waals surface area contributed by atoms with Crippen LogP contribution < -0.4 is 10.1 Å². The van der Waals surface area contributed by atoms with Gasteiger partial charge in [0.2, 0.25) is 0 Å². The zero-order chi connectivity index (χ0) is 23.9. The molecule has 3 heterocycles. The molecule has 1 fully saturated rings. The number of nitrogens with zero attached hydrogens (tertiary/aromatic N) is 2. The van der Waals surface area contributed by atoms with Crippen molar-refractivity contribution in [3.63, 3.8) is 0 Å². The number of amides is 1. The number of carbonyl (C=O) groups is 2. The monoisotopic (exact) mass is 470 g/mol. The molecule has 2 aromatic heterocycles. The zero-order valence-corrected chi connectivity index (χ0v) is 17.8. The third-order valence-corrected chi connectivity index (χ3v) is 6.34. The fraction of sp³-hybridized carbons (Fsp3) is 0.304. The number of halogens is 2. The summed E-state index contributed by atoms with van der Waals surface area (Å²) in [6, 6.07) is 9.23. The average molecular weight is 470 g/mol. The van der Waals surface area contributed by atoms with Crippen molar-refractivity contribution in [3.8, 4) is 17.0 Å². The van der Waals surface area contributed by atoms with E-state index in [0.29, 0.717) is 22.4 Å². The Morgan fingerprint density at radius 1 is 1.18 bits per heavy atom. The number of para-hydroxylation sites is 1. The molecule has 1 aliphatic carbocycles. The number of nitrogens with one attached hydrogen (secondary N) is 2. The van der Waals surface area contributed by atoms with E-state index in [9.17, 15) is 23.5 Å². The summed E-state index contributed by atoms with van der Waals surface area (Å²) in [5, 5.41) is 20.3. The second kappa shape index (κ2) is 8.17. The number of hydrogen-bond donors (Lipinski definition) is 3. The lowest BCUT2D eigenvalue weighted by atomic mass is 9.73. The molecule has 34 heavy (non-hydrogen) atoms. The average Bonchev–Trinajstić information content (AvgIpc) is 3.39. The Labute approximate surface area is 192 Å². The van der Waals surface area contributed by atoms with Crippen LogP contribution in [0.25, 0.3) is 11.3 Å². The maximum Gasteiger partial charge on any atom is 0.387 e. The van der Waals surface area contributed by atoms with Gasteiger partial charge in [-0.25, -0.2) is 4.79 Å². The Hall–Kier alpha value is -3.86. The number of alkyl halides is 2. The van der Waals surface area contributed by atoms with Crippen LogP contribution in [-0.4, -0.2) is 44.4 Å². The van der Waals surface area contributed by atoms with Crippen LogP contribution in [0.4, 0.5) is 14.6 Å². The number of pyridine rings is 1. The smallest absolute Gasteiger partial charge is 0.387 e. The molecule has 3 aromatic rings. The largest absolute Gasteiger partial charge is 0.450 e. The van der Waals surface area contributed by atoms with E-state index in [1.165, 1.54) is 18.3 Å². The number of esters is 1. The van der Waals surface area contributed by atoms with Gasteiger partial charge in [-0.05, 0) is 43.9 Å². The van der Waals surface area contributed by atoms with Crippen LogP contribution in [0.2, 0.25) is 0 Å². The normalized spacial score (nSPS) is 23.6. The Kier molecular flexibility index (Phi) is 5.28. The lowest BCUT2D eigenvalue weighted by Gasteiger charge is -2.40. The first-order valence-electron chi connectivity index (χ1n) is 10.6. The van der Waals surface area contributed by atoms with Crippen molar-refractivity contribution in [2.75, 3.05) is 5.32 Å². The lowest BCUT2D eigenvalue weighted by Crippen LogP contribution is -2.49. The Morgan fingerprint density at radius 3 is 2.71 bits per heavy atom. The number of ether oxygens (including phenoxy) is 2. The van der Waals surface area contributed by atoms with Crippen LogP contribution in [-0.2, 0) is 15.1 Å². The second-order valence-electron chi connectivity index (χ2n) is 8.33. The number of anilines is 1. The molecule has 0 saturated heterocycles. The highest BCUT2D eigenvalue weighted by Gasteiger charge is 2.53. The summed E-state index contributed by atoms with van der Waals surface area (Å²) in [4.78, 5) is 29.2. The molecule has 1 aliphatic heterocycles. The number of aromatic amines is 1. The summed E-state index contributed by atoms with van der Waals surface area (Å²) < 4.78 is 35.6. The summed E-state index contributed by atoms with van der Waals surface area (Å²) in [7, 11) is 0. The molecule has 9 nitrogen and oxygen atoms in total. The zero-order valence-electron chi connectivity index (χ0n) is 17.8. The van der Waals surface area contributed by atoms with Crippen molar-refractivity contribution in [2.45, 2.75) is 43.5 Å². The SMILES string of the molecule is O=C1OC2(CCC(O)(C(=O)Nc3cc(-c4ccccc4OC(F)F)[nH]n3)CC2)c2cnccc21. The topological polar surface area (TPSA) is 126 Å². The number of rotatable bonds is 5. The van der Waals surface area contributed by atoms with Crippen LogP contribution in [0.5, 0.6) is 5.75 Å². The summed E-state index contributed by atoms with van der Waals surface area (Å²) in [6.45, 7) is -2.99. The number of hydrogen-bond acceptors (Lipinski definition) is 7. The first kappa shape index (κ1) is 22.0. The van der Waals surface area contributed by atoms with Gasteiger partial charge in [0.15, 0.2) is 5.82 Å². The van der Waals surface area contributed by atoms with Crippen molar-refractivity contribution in [3.05, 3.63) is 59.9 Å². The van der Waals surface area contributed by atoms with E-state index >= 15 is 0 Å². The van der Waals surface area contributed by atoms with Crippen molar-refractivity contribution in [1.82, 2.24) is 15.2 Å². The number of fused-ring (bicyclic) bond motifs is 2. The quantitative estimate of drug-likeness (QED) is 0.488. The van der Waals surface area contributed by atoms with Crippen LogP contribution in [0.3, 0.4) is 0 Å². The first-order valence-corrected chi connectivity index (χ1v) is 10.6. The van der Waals surface area contributed by atoms with Gasteiger partial charge in [-0.1, -0.05) is 12.1 Å².